The molecule has 21 heavy (non-hydrogen) atoms. The van der Waals surface area contributed by atoms with E-state index >= 15 is 0 Å². The van der Waals surface area contributed by atoms with Gasteiger partial charge in [0.2, 0.25) is 0 Å². The molecule has 0 aliphatic rings. The van der Waals surface area contributed by atoms with Crippen LogP contribution in [0.25, 0.3) is 0 Å². The molecule has 2 N–H and O–H groups in total. The molecule has 0 fully saturated rings. The van der Waals surface area contributed by atoms with E-state index in [0.29, 0.717) is 5.69 Å². The van der Waals surface area contributed by atoms with Crippen molar-refractivity contribution in [3.63, 3.8) is 0 Å². The minimum Gasteiger partial charge on any atom is -0.508 e. The largest absolute Gasteiger partial charge is 0.508 e. The second-order valence-corrected chi connectivity index (χ2v) is 5.35. The Bertz CT molecular complexity index is 680. The Balaban J connectivity index is 2.31. The number of phenols is 1. The van der Waals surface area contributed by atoms with Crippen LogP contribution in [0.1, 0.15) is 41.3 Å². The van der Waals surface area contributed by atoms with Crippen LogP contribution in [0.4, 0.5) is 10.1 Å². The minimum atomic E-state index is -0.451. The van der Waals surface area contributed by atoms with Crippen molar-refractivity contribution < 1.29 is 14.3 Å². The number of rotatable bonds is 3. The first-order valence-corrected chi connectivity index (χ1v) is 6.79. The first-order chi connectivity index (χ1) is 9.88. The summed E-state index contributed by atoms with van der Waals surface area (Å²) in [5, 5.41) is 12.7. The van der Waals surface area contributed by atoms with Gasteiger partial charge in [-0.05, 0) is 54.3 Å². The van der Waals surface area contributed by atoms with Crippen molar-refractivity contribution >= 4 is 11.6 Å². The molecule has 3 nitrogen and oxygen atoms in total. The van der Waals surface area contributed by atoms with Gasteiger partial charge in [-0.1, -0.05) is 19.9 Å². The smallest absolute Gasteiger partial charge is 0.255 e. The van der Waals surface area contributed by atoms with Crippen LogP contribution in [0.2, 0.25) is 0 Å². The van der Waals surface area contributed by atoms with Crippen LogP contribution in [0.5, 0.6) is 5.75 Å². The molecular weight excluding hydrogens is 269 g/mol. The maximum Gasteiger partial charge on any atom is 0.255 e. The van der Waals surface area contributed by atoms with Gasteiger partial charge in [0, 0.05) is 11.3 Å². The molecule has 2 aromatic rings. The van der Waals surface area contributed by atoms with E-state index in [9.17, 15) is 14.3 Å². The monoisotopic (exact) mass is 287 g/mol. The van der Waals surface area contributed by atoms with Crippen LogP contribution in [0.3, 0.4) is 0 Å². The zero-order valence-electron chi connectivity index (χ0n) is 12.3. The van der Waals surface area contributed by atoms with Gasteiger partial charge >= 0.3 is 0 Å². The highest BCUT2D eigenvalue weighted by atomic mass is 19.1. The van der Waals surface area contributed by atoms with Crippen molar-refractivity contribution in [1.82, 2.24) is 0 Å². The molecule has 0 unspecified atom stereocenters. The van der Waals surface area contributed by atoms with Crippen LogP contribution in [-0.4, -0.2) is 11.0 Å². The number of carbonyl (C=O) groups excluding carboxylic acids is 1. The first-order valence-electron chi connectivity index (χ1n) is 6.79. The van der Waals surface area contributed by atoms with Crippen LogP contribution >= 0.6 is 0 Å². The summed E-state index contributed by atoms with van der Waals surface area (Å²) < 4.78 is 13.2. The lowest BCUT2D eigenvalue weighted by molar-refractivity contribution is 0.102. The van der Waals surface area contributed by atoms with E-state index in [1.54, 1.807) is 25.1 Å². The van der Waals surface area contributed by atoms with E-state index in [4.69, 9.17) is 0 Å². The van der Waals surface area contributed by atoms with Gasteiger partial charge in [-0.3, -0.25) is 4.79 Å². The number of benzene rings is 2. The highest BCUT2D eigenvalue weighted by Gasteiger charge is 2.13. The Morgan fingerprint density at radius 2 is 1.95 bits per heavy atom. The average Bonchev–Trinajstić information content (AvgIpc) is 2.41. The maximum absolute atomic E-state index is 13.2. The standard InChI is InChI=1S/C17H18FNO2/c1-10(2)14-9-15(11(3)7-16(14)20)19-17(21)12-5-4-6-13(18)8-12/h4-10,20H,1-3H3,(H,19,21). The molecule has 0 spiro atoms. The summed E-state index contributed by atoms with van der Waals surface area (Å²) in [6.07, 6.45) is 0. The molecule has 0 aliphatic heterocycles. The molecule has 2 rings (SSSR count). The number of hydrogen-bond acceptors (Lipinski definition) is 2. The Hall–Kier alpha value is -2.36. The summed E-state index contributed by atoms with van der Waals surface area (Å²) in [4.78, 5) is 12.1. The quantitative estimate of drug-likeness (QED) is 0.831. The van der Waals surface area contributed by atoms with Crippen molar-refractivity contribution in [2.24, 2.45) is 0 Å². The van der Waals surface area contributed by atoms with E-state index in [1.807, 2.05) is 13.8 Å². The van der Waals surface area contributed by atoms with E-state index < -0.39 is 5.82 Å². The fourth-order valence-corrected chi connectivity index (χ4v) is 2.13. The average molecular weight is 287 g/mol. The second kappa shape index (κ2) is 5.95. The summed E-state index contributed by atoms with van der Waals surface area (Å²) in [5.74, 6) is -0.479. The van der Waals surface area contributed by atoms with Gasteiger partial charge in [-0.2, -0.15) is 0 Å². The minimum absolute atomic E-state index is 0.135. The summed E-state index contributed by atoms with van der Waals surface area (Å²) in [5.41, 5.74) is 2.39. The molecule has 110 valence electrons. The number of phenolic OH excluding ortho intramolecular Hbond substituents is 1. The Labute approximate surface area is 123 Å². The van der Waals surface area contributed by atoms with E-state index in [-0.39, 0.29) is 23.1 Å². The third-order valence-electron chi connectivity index (χ3n) is 3.33. The number of amides is 1. The lowest BCUT2D eigenvalue weighted by Crippen LogP contribution is -2.13. The molecule has 0 radical (unpaired) electrons. The number of halogens is 1. The molecular formula is C17H18FNO2. The summed E-state index contributed by atoms with van der Waals surface area (Å²) in [7, 11) is 0. The summed E-state index contributed by atoms with van der Waals surface area (Å²) in [6.45, 7) is 5.72. The lowest BCUT2D eigenvalue weighted by Gasteiger charge is -2.14. The Kier molecular flexibility index (Phi) is 4.26. The zero-order valence-corrected chi connectivity index (χ0v) is 12.3. The molecule has 0 atom stereocenters. The van der Waals surface area contributed by atoms with Crippen molar-refractivity contribution in [3.8, 4) is 5.75 Å². The molecule has 0 aromatic heterocycles. The Morgan fingerprint density at radius 3 is 2.57 bits per heavy atom. The van der Waals surface area contributed by atoms with Gasteiger partial charge in [0.05, 0.1) is 0 Å². The summed E-state index contributed by atoms with van der Waals surface area (Å²) in [6, 6.07) is 8.90. The van der Waals surface area contributed by atoms with Crippen molar-refractivity contribution in [3.05, 3.63) is 58.9 Å². The van der Waals surface area contributed by atoms with Gasteiger partial charge in [-0.25, -0.2) is 4.39 Å². The molecule has 0 saturated carbocycles. The van der Waals surface area contributed by atoms with Crippen LogP contribution in [-0.2, 0) is 0 Å². The normalized spacial score (nSPS) is 10.7. The lowest BCUT2D eigenvalue weighted by atomic mass is 9.99. The van der Waals surface area contributed by atoms with E-state index in [1.165, 1.54) is 18.2 Å². The SMILES string of the molecule is Cc1cc(O)c(C(C)C)cc1NC(=O)c1cccc(F)c1. The van der Waals surface area contributed by atoms with Gasteiger partial charge < -0.3 is 10.4 Å². The van der Waals surface area contributed by atoms with Gasteiger partial charge in [-0.15, -0.1) is 0 Å². The van der Waals surface area contributed by atoms with Crippen LogP contribution < -0.4 is 5.32 Å². The number of carbonyl (C=O) groups is 1. The van der Waals surface area contributed by atoms with Gasteiger partial charge in [0.1, 0.15) is 11.6 Å². The molecule has 0 saturated heterocycles. The van der Waals surface area contributed by atoms with Crippen LogP contribution in [0, 0.1) is 12.7 Å². The first kappa shape index (κ1) is 15.0. The van der Waals surface area contributed by atoms with Crippen molar-refractivity contribution in [2.45, 2.75) is 26.7 Å². The highest BCUT2D eigenvalue weighted by Crippen LogP contribution is 2.31. The molecule has 4 heteroatoms. The summed E-state index contributed by atoms with van der Waals surface area (Å²) >= 11 is 0. The fraction of sp³-hybridized carbons (Fsp3) is 0.235. The predicted molar refractivity (Wildman–Crippen MR) is 81.3 cm³/mol. The fourth-order valence-electron chi connectivity index (χ4n) is 2.13. The number of hydrogen-bond donors (Lipinski definition) is 2. The topological polar surface area (TPSA) is 49.3 Å². The number of aromatic hydroxyl groups is 1. The number of nitrogens with one attached hydrogen (secondary N) is 1. The number of aryl methyl sites for hydroxylation is 1. The third-order valence-corrected chi connectivity index (χ3v) is 3.33. The van der Waals surface area contributed by atoms with Gasteiger partial charge in [0.15, 0.2) is 0 Å². The number of anilines is 1. The van der Waals surface area contributed by atoms with Gasteiger partial charge in [0.25, 0.3) is 5.91 Å². The predicted octanol–water partition coefficient (Wildman–Crippen LogP) is 4.22. The van der Waals surface area contributed by atoms with E-state index in [2.05, 4.69) is 5.32 Å². The van der Waals surface area contributed by atoms with E-state index in [0.717, 1.165) is 11.1 Å². The van der Waals surface area contributed by atoms with Crippen molar-refractivity contribution in [2.75, 3.05) is 5.32 Å². The zero-order chi connectivity index (χ0) is 15.6. The molecule has 0 bridgehead atoms. The van der Waals surface area contributed by atoms with Crippen LogP contribution in [0.15, 0.2) is 36.4 Å². The molecule has 0 heterocycles. The third kappa shape index (κ3) is 3.40. The second-order valence-electron chi connectivity index (χ2n) is 5.35. The maximum atomic E-state index is 13.2. The molecule has 0 aliphatic carbocycles. The highest BCUT2D eigenvalue weighted by molar-refractivity contribution is 6.04. The van der Waals surface area contributed by atoms with Crippen molar-refractivity contribution in [1.29, 1.82) is 0 Å². The molecule has 1 amide bonds. The molecule has 2 aromatic carbocycles. The Morgan fingerprint density at radius 1 is 1.24 bits per heavy atom.